The van der Waals surface area contributed by atoms with Gasteiger partial charge in [0.15, 0.2) is 0 Å². The molecule has 128 valence electrons. The molecular formula is C18H24N4O2. The van der Waals surface area contributed by atoms with Crippen LogP contribution in [-0.4, -0.2) is 41.5 Å². The van der Waals surface area contributed by atoms with Crippen LogP contribution in [0.3, 0.4) is 0 Å². The number of likely N-dealkylation sites (tertiary alicyclic amines) is 1. The Kier molecular flexibility index (Phi) is 6.19. The van der Waals surface area contributed by atoms with E-state index in [9.17, 15) is 14.9 Å². The summed E-state index contributed by atoms with van der Waals surface area (Å²) in [6, 6.07) is 10.3. The summed E-state index contributed by atoms with van der Waals surface area (Å²) in [5.74, 6) is -0.193. The van der Waals surface area contributed by atoms with Crippen molar-refractivity contribution in [2.45, 2.75) is 51.2 Å². The van der Waals surface area contributed by atoms with Gasteiger partial charge in [-0.25, -0.2) is 4.79 Å². The number of hydrogen-bond donors (Lipinski definition) is 2. The lowest BCUT2D eigenvalue weighted by Gasteiger charge is -2.26. The van der Waals surface area contributed by atoms with Crippen molar-refractivity contribution in [3.63, 3.8) is 0 Å². The average molecular weight is 328 g/mol. The van der Waals surface area contributed by atoms with Crippen molar-refractivity contribution in [1.29, 1.82) is 5.26 Å². The van der Waals surface area contributed by atoms with Crippen LogP contribution in [0.2, 0.25) is 0 Å². The fourth-order valence-electron chi connectivity index (χ4n) is 2.88. The molecule has 6 nitrogen and oxygen atoms in total. The zero-order valence-corrected chi connectivity index (χ0v) is 14.2. The van der Waals surface area contributed by atoms with E-state index in [0.717, 1.165) is 12.0 Å². The Morgan fingerprint density at radius 3 is 2.62 bits per heavy atom. The third kappa shape index (κ3) is 4.72. The number of benzene rings is 1. The van der Waals surface area contributed by atoms with E-state index in [4.69, 9.17) is 0 Å². The minimum atomic E-state index is -0.680. The van der Waals surface area contributed by atoms with Gasteiger partial charge >= 0.3 is 6.03 Å². The maximum atomic E-state index is 12.9. The first kappa shape index (κ1) is 17.8. The first-order valence-corrected chi connectivity index (χ1v) is 8.32. The van der Waals surface area contributed by atoms with Crippen molar-refractivity contribution in [3.05, 3.63) is 35.9 Å². The SMILES string of the molecule is CC(C)NC(=O)N[C@@H](Cc1ccccc1)C(=O)N1CCCC1C#N. The molecule has 1 aliphatic rings. The van der Waals surface area contributed by atoms with Gasteiger partial charge in [-0.05, 0) is 32.3 Å². The van der Waals surface area contributed by atoms with Crippen molar-refractivity contribution in [1.82, 2.24) is 15.5 Å². The Morgan fingerprint density at radius 1 is 1.29 bits per heavy atom. The van der Waals surface area contributed by atoms with Gasteiger partial charge in [-0.2, -0.15) is 5.26 Å². The molecule has 24 heavy (non-hydrogen) atoms. The molecule has 2 rings (SSSR count). The monoisotopic (exact) mass is 328 g/mol. The highest BCUT2D eigenvalue weighted by Gasteiger charge is 2.34. The minimum Gasteiger partial charge on any atom is -0.336 e. The molecule has 1 aliphatic heterocycles. The number of rotatable bonds is 5. The van der Waals surface area contributed by atoms with E-state index in [1.165, 1.54) is 0 Å². The van der Waals surface area contributed by atoms with Gasteiger partial charge < -0.3 is 15.5 Å². The van der Waals surface area contributed by atoms with Crippen LogP contribution in [0, 0.1) is 11.3 Å². The van der Waals surface area contributed by atoms with Crippen molar-refractivity contribution >= 4 is 11.9 Å². The Labute approximate surface area is 142 Å². The van der Waals surface area contributed by atoms with Gasteiger partial charge in [-0.15, -0.1) is 0 Å². The van der Waals surface area contributed by atoms with Gasteiger partial charge in [0.25, 0.3) is 0 Å². The molecule has 6 heteroatoms. The number of urea groups is 1. The maximum Gasteiger partial charge on any atom is 0.315 e. The van der Waals surface area contributed by atoms with Crippen LogP contribution < -0.4 is 10.6 Å². The maximum absolute atomic E-state index is 12.9. The molecule has 2 N–H and O–H groups in total. The van der Waals surface area contributed by atoms with E-state index in [1.54, 1.807) is 4.90 Å². The van der Waals surface area contributed by atoms with E-state index >= 15 is 0 Å². The number of carbonyl (C=O) groups is 2. The number of nitrogens with zero attached hydrogens (tertiary/aromatic N) is 2. The highest BCUT2D eigenvalue weighted by atomic mass is 16.2. The predicted octanol–water partition coefficient (Wildman–Crippen LogP) is 1.82. The molecule has 0 saturated carbocycles. The summed E-state index contributed by atoms with van der Waals surface area (Å²) in [7, 11) is 0. The lowest BCUT2D eigenvalue weighted by atomic mass is 10.0. The van der Waals surface area contributed by atoms with Gasteiger partial charge in [-0.3, -0.25) is 4.79 Å². The molecule has 1 saturated heterocycles. The van der Waals surface area contributed by atoms with Crippen LogP contribution in [0.4, 0.5) is 4.79 Å². The quantitative estimate of drug-likeness (QED) is 0.864. The topological polar surface area (TPSA) is 85.2 Å². The molecule has 0 bridgehead atoms. The third-order valence-corrected chi connectivity index (χ3v) is 3.99. The van der Waals surface area contributed by atoms with Crippen LogP contribution in [0.25, 0.3) is 0 Å². The van der Waals surface area contributed by atoms with E-state index < -0.39 is 12.1 Å². The number of nitriles is 1. The van der Waals surface area contributed by atoms with Crippen LogP contribution in [0.15, 0.2) is 30.3 Å². The Balaban J connectivity index is 2.13. The second-order valence-corrected chi connectivity index (χ2v) is 6.33. The van der Waals surface area contributed by atoms with Crippen LogP contribution in [-0.2, 0) is 11.2 Å². The Bertz CT molecular complexity index is 609. The van der Waals surface area contributed by atoms with E-state index in [-0.39, 0.29) is 18.0 Å². The molecule has 1 unspecified atom stereocenters. The number of carbonyl (C=O) groups excluding carboxylic acids is 2. The van der Waals surface area contributed by atoms with Crippen molar-refractivity contribution in [2.75, 3.05) is 6.54 Å². The molecule has 0 spiro atoms. The molecule has 2 atom stereocenters. The van der Waals surface area contributed by atoms with Gasteiger partial charge in [0.05, 0.1) is 6.07 Å². The zero-order valence-electron chi connectivity index (χ0n) is 14.2. The summed E-state index contributed by atoms with van der Waals surface area (Å²) in [6.07, 6.45) is 1.92. The Hall–Kier alpha value is -2.55. The lowest BCUT2D eigenvalue weighted by molar-refractivity contribution is -0.133. The second-order valence-electron chi connectivity index (χ2n) is 6.33. The van der Waals surface area contributed by atoms with Crippen molar-refractivity contribution < 1.29 is 9.59 Å². The molecule has 1 aromatic rings. The molecular weight excluding hydrogens is 304 g/mol. The highest BCUT2D eigenvalue weighted by Crippen LogP contribution is 2.18. The lowest BCUT2D eigenvalue weighted by Crippen LogP contribution is -2.54. The second kappa shape index (κ2) is 8.34. The number of amides is 3. The fourth-order valence-corrected chi connectivity index (χ4v) is 2.88. The average Bonchev–Trinajstić information content (AvgIpc) is 3.02. The fraction of sp³-hybridized carbons (Fsp3) is 0.500. The molecule has 3 amide bonds. The predicted molar refractivity (Wildman–Crippen MR) is 91.1 cm³/mol. The third-order valence-electron chi connectivity index (χ3n) is 3.99. The van der Waals surface area contributed by atoms with Crippen LogP contribution >= 0.6 is 0 Å². The Morgan fingerprint density at radius 2 is 2.00 bits per heavy atom. The molecule has 0 aromatic heterocycles. The van der Waals surface area contributed by atoms with Gasteiger partial charge in [0.2, 0.25) is 5.91 Å². The van der Waals surface area contributed by atoms with Crippen molar-refractivity contribution in [3.8, 4) is 6.07 Å². The summed E-state index contributed by atoms with van der Waals surface area (Å²) in [6.45, 7) is 4.29. The van der Waals surface area contributed by atoms with Crippen LogP contribution in [0.5, 0.6) is 0 Å². The minimum absolute atomic E-state index is 0.0175. The summed E-state index contributed by atoms with van der Waals surface area (Å²) in [5, 5.41) is 14.7. The molecule has 0 radical (unpaired) electrons. The first-order valence-electron chi connectivity index (χ1n) is 8.32. The largest absolute Gasteiger partial charge is 0.336 e. The molecule has 0 aliphatic carbocycles. The summed E-state index contributed by atoms with van der Waals surface area (Å²) in [4.78, 5) is 26.5. The van der Waals surface area contributed by atoms with E-state index in [2.05, 4.69) is 16.7 Å². The summed E-state index contributed by atoms with van der Waals surface area (Å²) >= 11 is 0. The molecule has 1 aromatic carbocycles. The summed E-state index contributed by atoms with van der Waals surface area (Å²) < 4.78 is 0. The zero-order chi connectivity index (χ0) is 17.5. The van der Waals surface area contributed by atoms with E-state index in [0.29, 0.717) is 19.4 Å². The molecule has 1 heterocycles. The van der Waals surface area contributed by atoms with Gasteiger partial charge in [0, 0.05) is 19.0 Å². The smallest absolute Gasteiger partial charge is 0.315 e. The molecule has 1 fully saturated rings. The van der Waals surface area contributed by atoms with Gasteiger partial charge in [-0.1, -0.05) is 30.3 Å². The normalized spacial score (nSPS) is 18.1. The van der Waals surface area contributed by atoms with E-state index in [1.807, 2.05) is 44.2 Å². The first-order chi connectivity index (χ1) is 11.5. The summed E-state index contributed by atoms with van der Waals surface area (Å²) in [5.41, 5.74) is 0.966. The number of hydrogen-bond acceptors (Lipinski definition) is 3. The van der Waals surface area contributed by atoms with Crippen LogP contribution in [0.1, 0.15) is 32.3 Å². The number of nitrogens with one attached hydrogen (secondary N) is 2. The van der Waals surface area contributed by atoms with Crippen molar-refractivity contribution in [2.24, 2.45) is 0 Å². The highest BCUT2D eigenvalue weighted by molar-refractivity contribution is 5.88. The van der Waals surface area contributed by atoms with Gasteiger partial charge in [0.1, 0.15) is 12.1 Å². The standard InChI is InChI=1S/C18H24N4O2/c1-13(2)20-18(24)21-16(11-14-7-4-3-5-8-14)17(23)22-10-6-9-15(22)12-19/h3-5,7-8,13,15-16H,6,9-11H2,1-2H3,(H2,20,21,24)/t15?,16-/m0/s1.